The van der Waals surface area contributed by atoms with Crippen molar-refractivity contribution in [2.45, 2.75) is 45.6 Å². The molecule has 0 aliphatic rings. The van der Waals surface area contributed by atoms with Gasteiger partial charge in [-0.15, -0.1) is 0 Å². The second-order valence-corrected chi connectivity index (χ2v) is 5.70. The molecule has 1 nitrogen and oxygen atoms in total. The standard InChI is InChI=1S/C14H22ClN/c1-14(2,3)16-11-5-4-6-12-7-9-13(15)10-8-12/h7-10,16H,4-6,11H2,1-3H3. The Labute approximate surface area is 104 Å². The van der Waals surface area contributed by atoms with Gasteiger partial charge in [-0.2, -0.15) is 0 Å². The highest BCUT2D eigenvalue weighted by Crippen LogP contribution is 2.11. The lowest BCUT2D eigenvalue weighted by Crippen LogP contribution is -2.36. The van der Waals surface area contributed by atoms with Gasteiger partial charge in [0.2, 0.25) is 0 Å². The number of halogens is 1. The fraction of sp³-hybridized carbons (Fsp3) is 0.571. The molecule has 0 unspecified atom stereocenters. The summed E-state index contributed by atoms with van der Waals surface area (Å²) in [6, 6.07) is 8.15. The molecular formula is C14H22ClN. The van der Waals surface area contributed by atoms with Gasteiger partial charge in [0.15, 0.2) is 0 Å². The Hall–Kier alpha value is -0.530. The van der Waals surface area contributed by atoms with E-state index in [0.29, 0.717) is 0 Å². The van der Waals surface area contributed by atoms with Gasteiger partial charge in [-0.1, -0.05) is 23.7 Å². The predicted octanol–water partition coefficient (Wildman–Crippen LogP) is 4.05. The van der Waals surface area contributed by atoms with Gasteiger partial charge in [0.1, 0.15) is 0 Å². The lowest BCUT2D eigenvalue weighted by Gasteiger charge is -2.20. The van der Waals surface area contributed by atoms with Crippen LogP contribution >= 0.6 is 11.6 Å². The maximum Gasteiger partial charge on any atom is 0.0406 e. The van der Waals surface area contributed by atoms with Crippen molar-refractivity contribution in [3.63, 3.8) is 0 Å². The van der Waals surface area contributed by atoms with Crippen molar-refractivity contribution < 1.29 is 0 Å². The van der Waals surface area contributed by atoms with E-state index in [9.17, 15) is 0 Å². The monoisotopic (exact) mass is 239 g/mol. The molecule has 0 heterocycles. The fourth-order valence-electron chi connectivity index (χ4n) is 1.57. The van der Waals surface area contributed by atoms with Gasteiger partial charge >= 0.3 is 0 Å². The minimum atomic E-state index is 0.236. The van der Waals surface area contributed by atoms with Crippen LogP contribution in [0.2, 0.25) is 5.02 Å². The van der Waals surface area contributed by atoms with Crippen LogP contribution < -0.4 is 5.32 Å². The number of hydrogen-bond donors (Lipinski definition) is 1. The van der Waals surface area contributed by atoms with Crippen LogP contribution in [0.15, 0.2) is 24.3 Å². The molecule has 0 aliphatic heterocycles. The molecule has 16 heavy (non-hydrogen) atoms. The molecule has 0 saturated carbocycles. The number of nitrogens with one attached hydrogen (secondary N) is 1. The molecule has 1 aromatic rings. The molecule has 0 amide bonds. The summed E-state index contributed by atoms with van der Waals surface area (Å²) in [6.45, 7) is 7.70. The Morgan fingerprint density at radius 3 is 2.25 bits per heavy atom. The Bertz CT molecular complexity index is 298. The quantitative estimate of drug-likeness (QED) is 0.765. The third-order valence-corrected chi connectivity index (χ3v) is 2.71. The van der Waals surface area contributed by atoms with Gasteiger partial charge in [-0.3, -0.25) is 0 Å². The molecule has 2 heteroatoms. The highest BCUT2D eigenvalue weighted by molar-refractivity contribution is 6.30. The van der Waals surface area contributed by atoms with E-state index >= 15 is 0 Å². The maximum absolute atomic E-state index is 5.84. The van der Waals surface area contributed by atoms with Crippen LogP contribution in [0.5, 0.6) is 0 Å². The summed E-state index contributed by atoms with van der Waals surface area (Å²) in [6.07, 6.45) is 3.59. The lowest BCUT2D eigenvalue weighted by atomic mass is 10.1. The van der Waals surface area contributed by atoms with E-state index < -0.39 is 0 Å². The first-order valence-electron chi connectivity index (χ1n) is 5.97. The molecule has 1 rings (SSSR count). The van der Waals surface area contributed by atoms with Crippen LogP contribution in [0, 0.1) is 0 Å². The first-order valence-corrected chi connectivity index (χ1v) is 6.35. The Morgan fingerprint density at radius 2 is 1.69 bits per heavy atom. The Balaban J connectivity index is 2.14. The molecule has 1 aromatic carbocycles. The first-order chi connectivity index (χ1) is 7.47. The molecule has 90 valence electrons. The minimum absolute atomic E-state index is 0.236. The Morgan fingerprint density at radius 1 is 1.06 bits per heavy atom. The van der Waals surface area contributed by atoms with E-state index in [4.69, 9.17) is 11.6 Å². The van der Waals surface area contributed by atoms with Gasteiger partial charge in [-0.05, 0) is 64.3 Å². The summed E-state index contributed by atoms with van der Waals surface area (Å²) < 4.78 is 0. The number of unbranched alkanes of at least 4 members (excludes halogenated alkanes) is 1. The molecule has 0 atom stereocenters. The van der Waals surface area contributed by atoms with E-state index in [0.717, 1.165) is 18.0 Å². The molecule has 0 aromatic heterocycles. The van der Waals surface area contributed by atoms with Gasteiger partial charge in [0.05, 0.1) is 0 Å². The van der Waals surface area contributed by atoms with Crippen molar-refractivity contribution in [1.29, 1.82) is 0 Å². The zero-order chi connectivity index (χ0) is 12.0. The average Bonchev–Trinajstić information content (AvgIpc) is 2.19. The van der Waals surface area contributed by atoms with Crippen LogP contribution in [0.25, 0.3) is 0 Å². The van der Waals surface area contributed by atoms with E-state index in [-0.39, 0.29) is 5.54 Å². The van der Waals surface area contributed by atoms with Gasteiger partial charge < -0.3 is 5.32 Å². The largest absolute Gasteiger partial charge is 0.312 e. The molecular weight excluding hydrogens is 218 g/mol. The zero-order valence-corrected chi connectivity index (χ0v) is 11.3. The number of rotatable bonds is 5. The van der Waals surface area contributed by atoms with E-state index in [2.05, 4.69) is 38.2 Å². The van der Waals surface area contributed by atoms with Crippen LogP contribution in [0.1, 0.15) is 39.2 Å². The fourth-order valence-corrected chi connectivity index (χ4v) is 1.69. The SMILES string of the molecule is CC(C)(C)NCCCCc1ccc(Cl)cc1. The predicted molar refractivity (Wildman–Crippen MR) is 72.1 cm³/mol. The summed E-state index contributed by atoms with van der Waals surface area (Å²) in [5, 5.41) is 4.31. The van der Waals surface area contributed by atoms with Crippen LogP contribution in [-0.4, -0.2) is 12.1 Å². The average molecular weight is 240 g/mol. The summed E-state index contributed by atoms with van der Waals surface area (Å²) >= 11 is 5.84. The van der Waals surface area contributed by atoms with Gasteiger partial charge in [0.25, 0.3) is 0 Å². The molecule has 0 spiro atoms. The maximum atomic E-state index is 5.84. The number of aryl methyl sites for hydroxylation is 1. The molecule has 0 fully saturated rings. The summed E-state index contributed by atoms with van der Waals surface area (Å²) in [5.41, 5.74) is 1.61. The zero-order valence-electron chi connectivity index (χ0n) is 10.5. The van der Waals surface area contributed by atoms with Crippen molar-refractivity contribution in [3.8, 4) is 0 Å². The topological polar surface area (TPSA) is 12.0 Å². The molecule has 0 saturated heterocycles. The molecule has 1 N–H and O–H groups in total. The molecule has 0 aliphatic carbocycles. The van der Waals surface area contributed by atoms with E-state index in [1.54, 1.807) is 0 Å². The molecule has 0 bridgehead atoms. The van der Waals surface area contributed by atoms with Gasteiger partial charge in [-0.25, -0.2) is 0 Å². The van der Waals surface area contributed by atoms with Crippen LogP contribution in [0.4, 0.5) is 0 Å². The normalized spacial score (nSPS) is 11.8. The van der Waals surface area contributed by atoms with Crippen molar-refractivity contribution in [2.24, 2.45) is 0 Å². The van der Waals surface area contributed by atoms with Crippen LogP contribution in [0.3, 0.4) is 0 Å². The van der Waals surface area contributed by atoms with Gasteiger partial charge in [0, 0.05) is 10.6 Å². The lowest BCUT2D eigenvalue weighted by molar-refractivity contribution is 0.419. The van der Waals surface area contributed by atoms with Crippen LogP contribution in [-0.2, 0) is 6.42 Å². The molecule has 0 radical (unpaired) electrons. The third-order valence-electron chi connectivity index (χ3n) is 2.46. The Kier molecular flexibility index (Phi) is 5.30. The summed E-state index contributed by atoms with van der Waals surface area (Å²) in [5.74, 6) is 0. The number of hydrogen-bond acceptors (Lipinski definition) is 1. The smallest absolute Gasteiger partial charge is 0.0406 e. The first kappa shape index (κ1) is 13.5. The number of benzene rings is 1. The second kappa shape index (κ2) is 6.27. The van der Waals surface area contributed by atoms with Crippen molar-refractivity contribution in [1.82, 2.24) is 5.32 Å². The third kappa shape index (κ3) is 6.14. The van der Waals surface area contributed by atoms with Crippen molar-refractivity contribution >= 4 is 11.6 Å². The second-order valence-electron chi connectivity index (χ2n) is 5.26. The highest BCUT2D eigenvalue weighted by Gasteiger charge is 2.06. The summed E-state index contributed by atoms with van der Waals surface area (Å²) in [4.78, 5) is 0. The summed E-state index contributed by atoms with van der Waals surface area (Å²) in [7, 11) is 0. The van der Waals surface area contributed by atoms with E-state index in [1.807, 2.05) is 12.1 Å². The van der Waals surface area contributed by atoms with Crippen molar-refractivity contribution in [2.75, 3.05) is 6.54 Å². The van der Waals surface area contributed by atoms with Crippen molar-refractivity contribution in [3.05, 3.63) is 34.9 Å². The van der Waals surface area contributed by atoms with E-state index in [1.165, 1.54) is 18.4 Å². The minimum Gasteiger partial charge on any atom is -0.312 e. The highest BCUT2D eigenvalue weighted by atomic mass is 35.5.